The number of rotatable bonds is 4. The van der Waals surface area contributed by atoms with Gasteiger partial charge in [0.25, 0.3) is 0 Å². The zero-order valence-corrected chi connectivity index (χ0v) is 15.0. The number of hydrogen-bond donors (Lipinski definition) is 3. The second-order valence-corrected chi connectivity index (χ2v) is 6.31. The third-order valence-corrected chi connectivity index (χ3v) is 4.35. The fourth-order valence-electron chi connectivity index (χ4n) is 3.01. The summed E-state index contributed by atoms with van der Waals surface area (Å²) in [5.41, 5.74) is 14.8. The normalized spacial score (nSPS) is 10.9. The van der Waals surface area contributed by atoms with E-state index in [1.807, 2.05) is 0 Å². The van der Waals surface area contributed by atoms with Crippen molar-refractivity contribution in [2.75, 3.05) is 5.73 Å². The van der Waals surface area contributed by atoms with Crippen LogP contribution in [0.25, 0.3) is 22.5 Å². The number of nitrogen functional groups attached to an aromatic ring is 1. The van der Waals surface area contributed by atoms with Crippen molar-refractivity contribution in [1.29, 1.82) is 0 Å². The summed E-state index contributed by atoms with van der Waals surface area (Å²) in [7, 11) is 0. The van der Waals surface area contributed by atoms with Gasteiger partial charge in [-0.3, -0.25) is 4.79 Å². The SMILES string of the molecule is Cc1cc(-c2cc(N)cnc2Oc2cccc(C(N)=O)c2)c2ccnc-2n1O. The van der Waals surface area contributed by atoms with Gasteiger partial charge in [-0.2, -0.15) is 4.73 Å². The fourth-order valence-corrected chi connectivity index (χ4v) is 3.01. The molecule has 0 radical (unpaired) electrons. The summed E-state index contributed by atoms with van der Waals surface area (Å²) in [5, 5.41) is 10.2. The first kappa shape index (κ1) is 17.3. The van der Waals surface area contributed by atoms with Crippen LogP contribution < -0.4 is 16.2 Å². The average Bonchev–Trinajstić information content (AvgIpc) is 3.16. The number of pyridine rings is 2. The molecule has 2 aliphatic rings. The number of hydrogen-bond acceptors (Lipinski definition) is 6. The molecule has 8 nitrogen and oxygen atoms in total. The number of carbonyl (C=O) groups is 1. The number of fused-ring (bicyclic) bond motifs is 1. The number of primary amides is 1. The summed E-state index contributed by atoms with van der Waals surface area (Å²) in [6.45, 7) is 1.76. The minimum absolute atomic E-state index is 0.299. The van der Waals surface area contributed by atoms with Gasteiger partial charge in [0.1, 0.15) is 5.75 Å². The van der Waals surface area contributed by atoms with Crippen molar-refractivity contribution in [3.05, 3.63) is 66.1 Å². The fraction of sp³-hybridized carbons (Fsp3) is 0.0500. The Morgan fingerprint density at radius 3 is 2.71 bits per heavy atom. The molecule has 4 rings (SSSR count). The van der Waals surface area contributed by atoms with Crippen molar-refractivity contribution < 1.29 is 14.7 Å². The standard InChI is InChI=1S/C20H17N5O3/c1-11-7-16(15-5-6-23-19(15)25(11)27)17-9-13(21)10-24-20(17)28-14-4-2-3-12(8-14)18(22)26/h2-10,27H,21H2,1H3,(H2,22,26). The lowest BCUT2D eigenvalue weighted by Gasteiger charge is -2.16. The molecule has 1 aromatic heterocycles. The van der Waals surface area contributed by atoms with Gasteiger partial charge in [-0.1, -0.05) is 6.07 Å². The molecule has 0 fully saturated rings. The van der Waals surface area contributed by atoms with Crippen LogP contribution in [0.3, 0.4) is 0 Å². The molecule has 2 aromatic rings. The van der Waals surface area contributed by atoms with Crippen LogP contribution in [0.2, 0.25) is 0 Å². The third-order valence-electron chi connectivity index (χ3n) is 4.35. The second-order valence-electron chi connectivity index (χ2n) is 6.31. The number of nitrogens with zero attached hydrogens (tertiary/aromatic N) is 3. The lowest BCUT2D eigenvalue weighted by molar-refractivity contribution is 0.1000. The van der Waals surface area contributed by atoms with E-state index < -0.39 is 5.91 Å². The quantitative estimate of drug-likeness (QED) is 0.470. The number of carbonyl (C=O) groups excluding carboxylic acids is 1. The van der Waals surface area contributed by atoms with Crippen molar-refractivity contribution in [2.24, 2.45) is 5.73 Å². The number of anilines is 1. The Labute approximate surface area is 160 Å². The maximum absolute atomic E-state index is 11.4. The van der Waals surface area contributed by atoms with Gasteiger partial charge in [-0.05, 0) is 43.3 Å². The zero-order valence-electron chi connectivity index (χ0n) is 15.0. The Balaban J connectivity index is 1.85. The van der Waals surface area contributed by atoms with E-state index in [9.17, 15) is 10.0 Å². The molecule has 0 aliphatic carbocycles. The molecule has 140 valence electrons. The molecule has 0 unspecified atom stereocenters. The summed E-state index contributed by atoms with van der Waals surface area (Å²) >= 11 is 0. The number of ether oxygens (including phenoxy) is 1. The molecule has 0 spiro atoms. The first-order chi connectivity index (χ1) is 13.4. The summed E-state index contributed by atoms with van der Waals surface area (Å²) in [6.07, 6.45) is 3.09. The van der Waals surface area contributed by atoms with Gasteiger partial charge in [-0.25, -0.2) is 9.97 Å². The third kappa shape index (κ3) is 2.96. The highest BCUT2D eigenvalue weighted by molar-refractivity contribution is 5.93. The van der Waals surface area contributed by atoms with Gasteiger partial charge in [0.05, 0.1) is 17.6 Å². The largest absolute Gasteiger partial charge is 0.438 e. The zero-order chi connectivity index (χ0) is 19.8. The van der Waals surface area contributed by atoms with Crippen molar-refractivity contribution in [1.82, 2.24) is 14.7 Å². The molecule has 2 aliphatic heterocycles. The van der Waals surface area contributed by atoms with E-state index in [0.717, 1.165) is 15.9 Å². The average molecular weight is 375 g/mol. The molecule has 1 aromatic carbocycles. The summed E-state index contributed by atoms with van der Waals surface area (Å²) < 4.78 is 6.96. The topological polar surface area (TPSA) is 129 Å². The smallest absolute Gasteiger partial charge is 0.248 e. The molecule has 28 heavy (non-hydrogen) atoms. The maximum atomic E-state index is 11.4. The Morgan fingerprint density at radius 1 is 1.11 bits per heavy atom. The molecule has 0 atom stereocenters. The van der Waals surface area contributed by atoms with Crippen molar-refractivity contribution >= 4 is 11.6 Å². The van der Waals surface area contributed by atoms with Crippen LogP contribution in [0, 0.1) is 6.92 Å². The lowest BCUT2D eigenvalue weighted by atomic mass is 10.0. The van der Waals surface area contributed by atoms with E-state index >= 15 is 0 Å². The first-order valence-corrected chi connectivity index (χ1v) is 8.44. The van der Waals surface area contributed by atoms with Gasteiger partial charge >= 0.3 is 0 Å². The van der Waals surface area contributed by atoms with Crippen molar-refractivity contribution in [2.45, 2.75) is 6.92 Å². The van der Waals surface area contributed by atoms with E-state index in [2.05, 4.69) is 9.97 Å². The van der Waals surface area contributed by atoms with Crippen molar-refractivity contribution in [3.63, 3.8) is 0 Å². The van der Waals surface area contributed by atoms with Crippen LogP contribution in [0.4, 0.5) is 5.69 Å². The molecule has 0 saturated heterocycles. The predicted octanol–water partition coefficient (Wildman–Crippen LogP) is 3.07. The Bertz CT molecular complexity index is 1170. The first-order valence-electron chi connectivity index (χ1n) is 8.44. The Hall–Kier alpha value is -4.07. The Kier molecular flexibility index (Phi) is 4.08. The minimum atomic E-state index is -0.549. The van der Waals surface area contributed by atoms with Crippen molar-refractivity contribution in [3.8, 4) is 34.1 Å². The van der Waals surface area contributed by atoms with Gasteiger partial charge in [-0.15, -0.1) is 0 Å². The molecule has 0 bridgehead atoms. The summed E-state index contributed by atoms with van der Waals surface area (Å²) in [6, 6.07) is 11.8. The second kappa shape index (κ2) is 6.58. The highest BCUT2D eigenvalue weighted by atomic mass is 16.5. The molecule has 8 heteroatoms. The number of amides is 1. The van der Waals surface area contributed by atoms with Gasteiger partial charge in [0.2, 0.25) is 11.8 Å². The van der Waals surface area contributed by atoms with E-state index in [0.29, 0.717) is 40.0 Å². The number of nitrogens with two attached hydrogens (primary N) is 2. The molecule has 5 N–H and O–H groups in total. The summed E-state index contributed by atoms with van der Waals surface area (Å²) in [5.74, 6) is 0.579. The Morgan fingerprint density at radius 2 is 1.93 bits per heavy atom. The van der Waals surface area contributed by atoms with Crippen LogP contribution in [0.5, 0.6) is 11.6 Å². The van der Waals surface area contributed by atoms with Crippen LogP contribution in [-0.2, 0) is 0 Å². The van der Waals surface area contributed by atoms with Crippen LogP contribution >= 0.6 is 0 Å². The monoisotopic (exact) mass is 375 g/mol. The number of benzene rings is 1. The molecular weight excluding hydrogens is 358 g/mol. The van der Waals surface area contributed by atoms with E-state index in [4.69, 9.17) is 16.2 Å². The predicted molar refractivity (Wildman–Crippen MR) is 103 cm³/mol. The highest BCUT2D eigenvalue weighted by Crippen LogP contribution is 2.39. The molecular formula is C20H17N5O3. The summed E-state index contributed by atoms with van der Waals surface area (Å²) in [4.78, 5) is 19.9. The molecule has 0 saturated carbocycles. The molecule has 3 heterocycles. The van der Waals surface area contributed by atoms with Gasteiger partial charge < -0.3 is 21.4 Å². The van der Waals surface area contributed by atoms with Crippen LogP contribution in [0.1, 0.15) is 16.1 Å². The van der Waals surface area contributed by atoms with E-state index in [-0.39, 0.29) is 0 Å². The molecule has 1 amide bonds. The van der Waals surface area contributed by atoms with Crippen LogP contribution in [0.15, 0.2) is 54.9 Å². The van der Waals surface area contributed by atoms with E-state index in [1.165, 1.54) is 6.20 Å². The lowest BCUT2D eigenvalue weighted by Crippen LogP contribution is -2.10. The van der Waals surface area contributed by atoms with Crippen LogP contribution in [-0.4, -0.2) is 25.8 Å². The highest BCUT2D eigenvalue weighted by Gasteiger charge is 2.21. The van der Waals surface area contributed by atoms with Gasteiger partial charge in [0, 0.05) is 28.5 Å². The number of aryl methyl sites for hydroxylation is 1. The number of aromatic nitrogens is 3. The minimum Gasteiger partial charge on any atom is -0.438 e. The maximum Gasteiger partial charge on any atom is 0.248 e. The van der Waals surface area contributed by atoms with Gasteiger partial charge in [0.15, 0.2) is 5.82 Å². The van der Waals surface area contributed by atoms with E-state index in [1.54, 1.807) is 55.6 Å².